The summed E-state index contributed by atoms with van der Waals surface area (Å²) in [5, 5.41) is 0. The lowest BCUT2D eigenvalue weighted by Crippen LogP contribution is -2.37. The molecular weight excluding hydrogens is 296 g/mol. The van der Waals surface area contributed by atoms with Crippen LogP contribution in [0.25, 0.3) is 0 Å². The van der Waals surface area contributed by atoms with Gasteiger partial charge in [-0.15, -0.1) is 0 Å². The maximum Gasteiger partial charge on any atom is 0.0948 e. The second-order valence-corrected chi connectivity index (χ2v) is 9.13. The average molecular weight is 333 g/mol. The summed E-state index contributed by atoms with van der Waals surface area (Å²) in [7, 11) is 0. The highest BCUT2D eigenvalue weighted by atomic mass is 15.2. The third-order valence-corrected chi connectivity index (χ3v) is 5.83. The third-order valence-electron chi connectivity index (χ3n) is 5.83. The van der Waals surface area contributed by atoms with E-state index < -0.39 is 0 Å². The number of hydrogen-bond acceptors (Lipinski definition) is 3. The molecule has 0 N–H and O–H groups in total. The van der Waals surface area contributed by atoms with Gasteiger partial charge >= 0.3 is 0 Å². The summed E-state index contributed by atoms with van der Waals surface area (Å²) >= 11 is 0. The molecule has 2 aliphatic heterocycles. The molecule has 0 aromatic carbocycles. The van der Waals surface area contributed by atoms with E-state index in [1.807, 2.05) is 12.5 Å². The number of hydrogen-bond donors (Lipinski definition) is 0. The number of aryl methyl sites for hydroxylation is 1. The molecule has 3 heterocycles. The van der Waals surface area contributed by atoms with Crippen LogP contribution >= 0.6 is 0 Å². The molecule has 1 aromatic rings. The molecule has 136 valence electrons. The monoisotopic (exact) mass is 332 g/mol. The highest BCUT2D eigenvalue weighted by Crippen LogP contribution is 2.33. The lowest BCUT2D eigenvalue weighted by molar-refractivity contribution is 0.135. The third kappa shape index (κ3) is 4.60. The molecule has 0 saturated carbocycles. The summed E-state index contributed by atoms with van der Waals surface area (Å²) in [4.78, 5) is 9.64. The van der Waals surface area contributed by atoms with Crippen molar-refractivity contribution >= 4 is 0 Å². The van der Waals surface area contributed by atoms with E-state index in [9.17, 15) is 0 Å². The first-order valence-corrected chi connectivity index (χ1v) is 9.88. The van der Waals surface area contributed by atoms with Gasteiger partial charge in [0.1, 0.15) is 0 Å². The number of likely N-dealkylation sites (tertiary alicyclic amines) is 2. The van der Waals surface area contributed by atoms with Crippen LogP contribution in [0.2, 0.25) is 0 Å². The first kappa shape index (κ1) is 17.9. The standard InChI is InChI=1S/C20H36N4/c1-5-24-16-21-12-19(24)14-22-9-6-17(7-10-22)18-8-11-23(13-18)15-20(2,3)4/h12,16-18H,5-11,13-15H2,1-4H3. The quantitative estimate of drug-likeness (QED) is 0.825. The summed E-state index contributed by atoms with van der Waals surface area (Å²) in [6.07, 6.45) is 8.19. The fourth-order valence-electron chi connectivity index (χ4n) is 4.64. The zero-order valence-corrected chi connectivity index (χ0v) is 16.2. The topological polar surface area (TPSA) is 24.3 Å². The van der Waals surface area contributed by atoms with Gasteiger partial charge in [0.25, 0.3) is 0 Å². The van der Waals surface area contributed by atoms with Crippen molar-refractivity contribution in [2.75, 3.05) is 32.7 Å². The van der Waals surface area contributed by atoms with Crippen LogP contribution in [0.1, 0.15) is 52.7 Å². The Morgan fingerprint density at radius 2 is 1.71 bits per heavy atom. The summed E-state index contributed by atoms with van der Waals surface area (Å²) in [6, 6.07) is 0. The number of rotatable bonds is 5. The minimum Gasteiger partial charge on any atom is -0.334 e. The van der Waals surface area contributed by atoms with Crippen molar-refractivity contribution in [3.8, 4) is 0 Å². The molecule has 0 radical (unpaired) electrons. The van der Waals surface area contributed by atoms with Gasteiger partial charge < -0.3 is 9.47 Å². The van der Waals surface area contributed by atoms with Gasteiger partial charge in [0.05, 0.1) is 12.0 Å². The number of piperidine rings is 1. The molecular formula is C20H36N4. The first-order chi connectivity index (χ1) is 11.4. The van der Waals surface area contributed by atoms with Crippen molar-refractivity contribution < 1.29 is 0 Å². The van der Waals surface area contributed by atoms with E-state index in [2.05, 4.69) is 47.0 Å². The molecule has 24 heavy (non-hydrogen) atoms. The van der Waals surface area contributed by atoms with Gasteiger partial charge in [0.15, 0.2) is 0 Å². The van der Waals surface area contributed by atoms with Gasteiger partial charge in [0, 0.05) is 32.4 Å². The molecule has 4 nitrogen and oxygen atoms in total. The zero-order chi connectivity index (χ0) is 17.2. The number of imidazole rings is 1. The first-order valence-electron chi connectivity index (χ1n) is 9.88. The Morgan fingerprint density at radius 3 is 2.38 bits per heavy atom. The second-order valence-electron chi connectivity index (χ2n) is 9.13. The molecule has 1 unspecified atom stereocenters. The van der Waals surface area contributed by atoms with Gasteiger partial charge in [-0.1, -0.05) is 20.8 Å². The van der Waals surface area contributed by atoms with Gasteiger partial charge in [-0.3, -0.25) is 4.90 Å². The van der Waals surface area contributed by atoms with E-state index in [0.717, 1.165) is 24.9 Å². The van der Waals surface area contributed by atoms with E-state index in [1.54, 1.807) is 0 Å². The lowest BCUT2D eigenvalue weighted by atomic mass is 9.83. The molecule has 0 bridgehead atoms. The van der Waals surface area contributed by atoms with Crippen molar-refractivity contribution in [1.82, 2.24) is 19.4 Å². The highest BCUT2D eigenvalue weighted by Gasteiger charge is 2.33. The number of aromatic nitrogens is 2. The molecule has 0 aliphatic carbocycles. The van der Waals surface area contributed by atoms with Gasteiger partial charge in [-0.2, -0.15) is 0 Å². The van der Waals surface area contributed by atoms with Crippen LogP contribution in [0.3, 0.4) is 0 Å². The maximum atomic E-state index is 4.30. The van der Waals surface area contributed by atoms with E-state index in [1.165, 1.54) is 57.7 Å². The Kier molecular flexibility index (Phi) is 5.66. The minimum atomic E-state index is 0.431. The molecule has 4 heteroatoms. The van der Waals surface area contributed by atoms with Crippen molar-refractivity contribution in [2.24, 2.45) is 17.3 Å². The number of nitrogens with zero attached hydrogens (tertiary/aromatic N) is 4. The second kappa shape index (κ2) is 7.57. The van der Waals surface area contributed by atoms with Gasteiger partial charge in [0.2, 0.25) is 0 Å². The summed E-state index contributed by atoms with van der Waals surface area (Å²) in [5.41, 5.74) is 1.80. The molecule has 2 aliphatic rings. The summed E-state index contributed by atoms with van der Waals surface area (Å²) in [5.74, 6) is 1.89. The summed E-state index contributed by atoms with van der Waals surface area (Å²) < 4.78 is 2.27. The lowest BCUT2D eigenvalue weighted by Gasteiger charge is -2.35. The molecule has 0 spiro atoms. The predicted octanol–water partition coefficient (Wildman–Crippen LogP) is 3.48. The van der Waals surface area contributed by atoms with E-state index in [-0.39, 0.29) is 0 Å². The van der Waals surface area contributed by atoms with Gasteiger partial charge in [-0.25, -0.2) is 4.98 Å². The van der Waals surface area contributed by atoms with E-state index >= 15 is 0 Å². The fourth-order valence-corrected chi connectivity index (χ4v) is 4.64. The zero-order valence-electron chi connectivity index (χ0n) is 16.2. The normalized spacial score (nSPS) is 24.8. The van der Waals surface area contributed by atoms with Crippen molar-refractivity contribution in [3.05, 3.63) is 18.2 Å². The molecule has 0 amide bonds. The predicted molar refractivity (Wildman–Crippen MR) is 99.9 cm³/mol. The smallest absolute Gasteiger partial charge is 0.0948 e. The van der Waals surface area contributed by atoms with E-state index in [4.69, 9.17) is 0 Å². The molecule has 2 saturated heterocycles. The van der Waals surface area contributed by atoms with Gasteiger partial charge in [-0.05, 0) is 63.1 Å². The largest absolute Gasteiger partial charge is 0.334 e. The van der Waals surface area contributed by atoms with Crippen LogP contribution in [0.5, 0.6) is 0 Å². The minimum absolute atomic E-state index is 0.431. The average Bonchev–Trinajstić information content (AvgIpc) is 3.15. The SMILES string of the molecule is CCn1cncc1CN1CCC(C2CCN(CC(C)(C)C)C2)CC1. The molecule has 2 fully saturated rings. The van der Waals surface area contributed by atoms with Crippen molar-refractivity contribution in [2.45, 2.75) is 60.0 Å². The maximum absolute atomic E-state index is 4.30. The van der Waals surface area contributed by atoms with Crippen LogP contribution in [0.4, 0.5) is 0 Å². The van der Waals surface area contributed by atoms with E-state index in [0.29, 0.717) is 5.41 Å². The Bertz CT molecular complexity index is 508. The van der Waals surface area contributed by atoms with Crippen LogP contribution in [0.15, 0.2) is 12.5 Å². The Morgan fingerprint density at radius 1 is 1.04 bits per heavy atom. The Labute approximate surface area is 148 Å². The van der Waals surface area contributed by atoms with Crippen LogP contribution in [0, 0.1) is 17.3 Å². The Hall–Kier alpha value is -0.870. The molecule has 1 atom stereocenters. The van der Waals surface area contributed by atoms with Crippen LogP contribution in [-0.4, -0.2) is 52.1 Å². The Balaban J connectivity index is 1.44. The van der Waals surface area contributed by atoms with Crippen molar-refractivity contribution in [3.63, 3.8) is 0 Å². The molecule has 3 rings (SSSR count). The van der Waals surface area contributed by atoms with Crippen molar-refractivity contribution in [1.29, 1.82) is 0 Å². The van der Waals surface area contributed by atoms with Crippen LogP contribution < -0.4 is 0 Å². The summed E-state index contributed by atoms with van der Waals surface area (Å²) in [6.45, 7) is 17.8. The fraction of sp³-hybridized carbons (Fsp3) is 0.850. The highest BCUT2D eigenvalue weighted by molar-refractivity contribution is 4.99. The molecule has 1 aromatic heterocycles. The van der Waals surface area contributed by atoms with Crippen LogP contribution in [-0.2, 0) is 13.1 Å².